The molecule has 0 amide bonds. The average molecular weight is 385 g/mol. The molecule has 1 aliphatic carbocycles. The van der Waals surface area contributed by atoms with Crippen molar-refractivity contribution < 1.29 is 0 Å². The second-order valence-electron chi connectivity index (χ2n) is 6.16. The summed E-state index contributed by atoms with van der Waals surface area (Å²) in [7, 11) is 0. The Labute approximate surface area is 138 Å². The van der Waals surface area contributed by atoms with Crippen molar-refractivity contribution in [1.29, 1.82) is 0 Å². The minimum atomic E-state index is 0.555. The molecule has 0 heterocycles. The largest absolute Gasteiger partial charge is 0.310 e. The van der Waals surface area contributed by atoms with E-state index in [1.54, 1.807) is 0 Å². The lowest BCUT2D eigenvalue weighted by Gasteiger charge is -2.29. The molecule has 20 heavy (non-hydrogen) atoms. The van der Waals surface area contributed by atoms with Gasteiger partial charge in [0.1, 0.15) is 0 Å². The van der Waals surface area contributed by atoms with Gasteiger partial charge in [-0.3, -0.25) is 0 Å². The molecule has 1 saturated carbocycles. The quantitative estimate of drug-likeness (QED) is 0.513. The lowest BCUT2D eigenvalue weighted by Crippen LogP contribution is -2.29. The summed E-state index contributed by atoms with van der Waals surface area (Å²) >= 11 is 2.54. The molecule has 112 valence electrons. The Hall–Kier alpha value is -0.0900. The van der Waals surface area contributed by atoms with Gasteiger partial charge in [-0.05, 0) is 72.4 Å². The summed E-state index contributed by atoms with van der Waals surface area (Å²) < 4.78 is 1.46. The highest BCUT2D eigenvalue weighted by Gasteiger charge is 2.25. The van der Waals surface area contributed by atoms with Crippen LogP contribution in [0.3, 0.4) is 0 Å². The Morgan fingerprint density at radius 3 is 2.55 bits per heavy atom. The van der Waals surface area contributed by atoms with Crippen LogP contribution in [0.2, 0.25) is 0 Å². The number of hydrogen-bond donors (Lipinski definition) is 1. The van der Waals surface area contributed by atoms with E-state index in [1.165, 1.54) is 59.6 Å². The highest BCUT2D eigenvalue weighted by molar-refractivity contribution is 14.1. The zero-order valence-electron chi connectivity index (χ0n) is 12.9. The summed E-state index contributed by atoms with van der Waals surface area (Å²) in [4.78, 5) is 0. The number of halogens is 1. The molecule has 1 N–H and O–H groups in total. The SMILES string of the molecule is CCCNC(c1cccc(C)c1I)C1CCCCCC1. The number of benzene rings is 1. The minimum absolute atomic E-state index is 0.555. The van der Waals surface area contributed by atoms with E-state index in [9.17, 15) is 0 Å². The van der Waals surface area contributed by atoms with Gasteiger partial charge in [-0.25, -0.2) is 0 Å². The van der Waals surface area contributed by atoms with E-state index in [0.717, 1.165) is 12.5 Å². The fourth-order valence-electron chi connectivity index (χ4n) is 3.38. The van der Waals surface area contributed by atoms with Crippen molar-refractivity contribution in [2.45, 2.75) is 64.8 Å². The molecule has 0 saturated heterocycles. The molecule has 1 nitrogen and oxygen atoms in total. The summed E-state index contributed by atoms with van der Waals surface area (Å²) in [5, 5.41) is 3.85. The van der Waals surface area contributed by atoms with Crippen LogP contribution in [0.5, 0.6) is 0 Å². The van der Waals surface area contributed by atoms with E-state index in [2.05, 4.69) is 60.0 Å². The highest BCUT2D eigenvalue weighted by atomic mass is 127. The van der Waals surface area contributed by atoms with E-state index >= 15 is 0 Å². The standard InChI is InChI=1S/C18H28IN/c1-3-13-20-18(15-10-6-4-5-7-11-15)16-12-8-9-14(2)17(16)19/h8-9,12,15,18,20H,3-7,10-11,13H2,1-2H3. The van der Waals surface area contributed by atoms with Gasteiger partial charge >= 0.3 is 0 Å². The lowest BCUT2D eigenvalue weighted by molar-refractivity contribution is 0.324. The fraction of sp³-hybridized carbons (Fsp3) is 0.667. The topological polar surface area (TPSA) is 12.0 Å². The van der Waals surface area contributed by atoms with Gasteiger partial charge in [-0.1, -0.05) is 50.8 Å². The van der Waals surface area contributed by atoms with Crippen LogP contribution < -0.4 is 5.32 Å². The Balaban J connectivity index is 2.23. The van der Waals surface area contributed by atoms with E-state index in [0.29, 0.717) is 6.04 Å². The normalized spacial score (nSPS) is 18.8. The molecule has 2 rings (SSSR count). The van der Waals surface area contributed by atoms with Gasteiger partial charge in [-0.2, -0.15) is 0 Å². The molecule has 0 bridgehead atoms. The second kappa shape index (κ2) is 8.38. The van der Waals surface area contributed by atoms with Gasteiger partial charge in [0.05, 0.1) is 0 Å². The molecule has 1 fully saturated rings. The Morgan fingerprint density at radius 2 is 1.90 bits per heavy atom. The zero-order valence-corrected chi connectivity index (χ0v) is 15.1. The van der Waals surface area contributed by atoms with Crippen LogP contribution >= 0.6 is 22.6 Å². The lowest BCUT2D eigenvalue weighted by atomic mass is 9.86. The minimum Gasteiger partial charge on any atom is -0.310 e. The van der Waals surface area contributed by atoms with Crippen molar-refractivity contribution in [3.63, 3.8) is 0 Å². The first kappa shape index (κ1) is 16.3. The molecule has 2 heteroatoms. The van der Waals surface area contributed by atoms with Crippen molar-refractivity contribution in [1.82, 2.24) is 5.32 Å². The van der Waals surface area contributed by atoms with Crippen LogP contribution in [0.1, 0.15) is 69.0 Å². The molecule has 0 spiro atoms. The third kappa shape index (κ3) is 4.20. The molecule has 1 aromatic carbocycles. The van der Waals surface area contributed by atoms with E-state index < -0.39 is 0 Å². The third-order valence-electron chi connectivity index (χ3n) is 4.54. The maximum Gasteiger partial charge on any atom is 0.0359 e. The zero-order chi connectivity index (χ0) is 14.4. The van der Waals surface area contributed by atoms with Crippen LogP contribution in [0, 0.1) is 16.4 Å². The first-order chi connectivity index (χ1) is 9.74. The smallest absolute Gasteiger partial charge is 0.0359 e. The first-order valence-electron chi connectivity index (χ1n) is 8.22. The van der Waals surface area contributed by atoms with Crippen LogP contribution in [0.15, 0.2) is 18.2 Å². The molecular weight excluding hydrogens is 357 g/mol. The highest BCUT2D eigenvalue weighted by Crippen LogP contribution is 2.36. The number of nitrogens with one attached hydrogen (secondary N) is 1. The molecule has 1 aliphatic rings. The second-order valence-corrected chi connectivity index (χ2v) is 7.24. The van der Waals surface area contributed by atoms with E-state index in [1.807, 2.05) is 0 Å². The van der Waals surface area contributed by atoms with Crippen molar-refractivity contribution in [3.05, 3.63) is 32.9 Å². The summed E-state index contributed by atoms with van der Waals surface area (Å²) in [5.41, 5.74) is 2.95. The molecule has 1 unspecified atom stereocenters. The molecule has 0 aromatic heterocycles. The van der Waals surface area contributed by atoms with Crippen molar-refractivity contribution in [2.24, 2.45) is 5.92 Å². The molecule has 1 aromatic rings. The fourth-order valence-corrected chi connectivity index (χ4v) is 4.08. The van der Waals surface area contributed by atoms with Gasteiger partial charge in [0.25, 0.3) is 0 Å². The van der Waals surface area contributed by atoms with Gasteiger partial charge in [0, 0.05) is 9.61 Å². The van der Waals surface area contributed by atoms with Gasteiger partial charge < -0.3 is 5.32 Å². The third-order valence-corrected chi connectivity index (χ3v) is 6.02. The van der Waals surface area contributed by atoms with Gasteiger partial charge in [0.2, 0.25) is 0 Å². The van der Waals surface area contributed by atoms with Crippen LogP contribution in [-0.4, -0.2) is 6.54 Å². The average Bonchev–Trinajstić information content (AvgIpc) is 2.73. The predicted octanol–water partition coefficient (Wildman–Crippen LogP) is 5.61. The van der Waals surface area contributed by atoms with Crippen molar-refractivity contribution in [2.75, 3.05) is 6.54 Å². The number of hydrogen-bond acceptors (Lipinski definition) is 1. The van der Waals surface area contributed by atoms with Gasteiger partial charge in [0.15, 0.2) is 0 Å². The predicted molar refractivity (Wildman–Crippen MR) is 96.1 cm³/mol. The molecule has 0 aliphatic heterocycles. The molecule has 1 atom stereocenters. The number of rotatable bonds is 5. The monoisotopic (exact) mass is 385 g/mol. The maximum atomic E-state index is 3.85. The molecule has 0 radical (unpaired) electrons. The van der Waals surface area contributed by atoms with Crippen LogP contribution in [0.4, 0.5) is 0 Å². The van der Waals surface area contributed by atoms with Crippen molar-refractivity contribution >= 4 is 22.6 Å². The number of aryl methyl sites for hydroxylation is 1. The summed E-state index contributed by atoms with van der Waals surface area (Å²) in [5.74, 6) is 0.819. The van der Waals surface area contributed by atoms with E-state index in [-0.39, 0.29) is 0 Å². The van der Waals surface area contributed by atoms with Crippen molar-refractivity contribution in [3.8, 4) is 0 Å². The summed E-state index contributed by atoms with van der Waals surface area (Å²) in [6, 6.07) is 7.35. The summed E-state index contributed by atoms with van der Waals surface area (Å²) in [6.45, 7) is 5.62. The van der Waals surface area contributed by atoms with E-state index in [4.69, 9.17) is 0 Å². The Bertz CT molecular complexity index is 408. The summed E-state index contributed by atoms with van der Waals surface area (Å²) in [6.07, 6.45) is 9.70. The van der Waals surface area contributed by atoms with Gasteiger partial charge in [-0.15, -0.1) is 0 Å². The Morgan fingerprint density at radius 1 is 1.20 bits per heavy atom. The van der Waals surface area contributed by atoms with Crippen LogP contribution in [0.25, 0.3) is 0 Å². The Kier molecular flexibility index (Phi) is 6.82. The first-order valence-corrected chi connectivity index (χ1v) is 9.30. The van der Waals surface area contributed by atoms with Crippen LogP contribution in [-0.2, 0) is 0 Å². The molecular formula is C18H28IN. The maximum absolute atomic E-state index is 3.85.